The average Bonchev–Trinajstić information content (AvgIpc) is 2.90. The molecule has 1 aromatic carbocycles. The summed E-state index contributed by atoms with van der Waals surface area (Å²) < 4.78 is 7.64. The SMILES string of the molecule is CCn1c(SCC(=O)N[C@]2(C)CCCOC2)nc2ccccc21. The van der Waals surface area contributed by atoms with Gasteiger partial charge in [-0.1, -0.05) is 23.9 Å². The fourth-order valence-corrected chi connectivity index (χ4v) is 3.88. The number of rotatable bonds is 5. The number of hydrogen-bond acceptors (Lipinski definition) is 4. The van der Waals surface area contributed by atoms with Crippen molar-refractivity contribution in [3.8, 4) is 0 Å². The molecule has 1 aromatic heterocycles. The van der Waals surface area contributed by atoms with Gasteiger partial charge in [0.2, 0.25) is 5.91 Å². The van der Waals surface area contributed by atoms with Crippen LogP contribution in [0.5, 0.6) is 0 Å². The number of benzene rings is 1. The lowest BCUT2D eigenvalue weighted by Gasteiger charge is -2.34. The first-order valence-corrected chi connectivity index (χ1v) is 9.07. The van der Waals surface area contributed by atoms with Gasteiger partial charge in [-0.15, -0.1) is 0 Å². The Morgan fingerprint density at radius 1 is 1.48 bits per heavy atom. The first-order valence-electron chi connectivity index (χ1n) is 8.08. The molecule has 3 rings (SSSR count). The molecule has 0 aliphatic carbocycles. The highest BCUT2D eigenvalue weighted by molar-refractivity contribution is 7.99. The van der Waals surface area contributed by atoms with Crippen molar-refractivity contribution in [2.45, 2.75) is 43.9 Å². The molecule has 0 radical (unpaired) electrons. The van der Waals surface area contributed by atoms with Crippen molar-refractivity contribution in [1.29, 1.82) is 0 Å². The number of nitrogens with zero attached hydrogens (tertiary/aromatic N) is 2. The van der Waals surface area contributed by atoms with E-state index in [9.17, 15) is 4.79 Å². The number of para-hydroxylation sites is 2. The Bertz CT molecular complexity index is 692. The Kier molecular flexibility index (Phi) is 4.92. The summed E-state index contributed by atoms with van der Waals surface area (Å²) in [6.07, 6.45) is 1.96. The van der Waals surface area contributed by atoms with E-state index in [1.807, 2.05) is 18.2 Å². The molecule has 0 saturated carbocycles. The summed E-state index contributed by atoms with van der Waals surface area (Å²) in [5.74, 6) is 0.413. The fraction of sp³-hybridized carbons (Fsp3) is 0.529. The van der Waals surface area contributed by atoms with Crippen LogP contribution in [0.3, 0.4) is 0 Å². The molecule has 1 N–H and O–H groups in total. The molecule has 23 heavy (non-hydrogen) atoms. The Morgan fingerprint density at radius 3 is 3.04 bits per heavy atom. The number of aromatic nitrogens is 2. The highest BCUT2D eigenvalue weighted by Crippen LogP contribution is 2.24. The van der Waals surface area contributed by atoms with Crippen LogP contribution >= 0.6 is 11.8 Å². The van der Waals surface area contributed by atoms with Crippen molar-refractivity contribution in [3.05, 3.63) is 24.3 Å². The topological polar surface area (TPSA) is 56.2 Å². The summed E-state index contributed by atoms with van der Waals surface area (Å²) in [6.45, 7) is 6.38. The smallest absolute Gasteiger partial charge is 0.230 e. The third-order valence-electron chi connectivity index (χ3n) is 4.15. The van der Waals surface area contributed by atoms with E-state index in [-0.39, 0.29) is 11.4 Å². The molecule has 124 valence electrons. The zero-order valence-corrected chi connectivity index (χ0v) is 14.5. The lowest BCUT2D eigenvalue weighted by atomic mass is 9.95. The second-order valence-corrected chi connectivity index (χ2v) is 7.12. The number of nitrogens with one attached hydrogen (secondary N) is 1. The highest BCUT2D eigenvalue weighted by atomic mass is 32.2. The maximum atomic E-state index is 12.3. The Labute approximate surface area is 140 Å². The van der Waals surface area contributed by atoms with Crippen molar-refractivity contribution in [2.75, 3.05) is 19.0 Å². The van der Waals surface area contributed by atoms with Gasteiger partial charge in [-0.25, -0.2) is 4.98 Å². The van der Waals surface area contributed by atoms with E-state index in [1.165, 1.54) is 11.8 Å². The maximum Gasteiger partial charge on any atom is 0.230 e. The number of carbonyl (C=O) groups is 1. The van der Waals surface area contributed by atoms with Crippen LogP contribution in [0.25, 0.3) is 11.0 Å². The first-order chi connectivity index (χ1) is 11.1. The number of amides is 1. The van der Waals surface area contributed by atoms with E-state index in [4.69, 9.17) is 4.74 Å². The van der Waals surface area contributed by atoms with E-state index >= 15 is 0 Å². The number of carbonyl (C=O) groups excluding carboxylic acids is 1. The van der Waals surface area contributed by atoms with Gasteiger partial charge in [0.1, 0.15) is 0 Å². The van der Waals surface area contributed by atoms with E-state index in [0.717, 1.165) is 42.2 Å². The Morgan fingerprint density at radius 2 is 2.30 bits per heavy atom. The number of thioether (sulfide) groups is 1. The minimum atomic E-state index is -0.235. The summed E-state index contributed by atoms with van der Waals surface area (Å²) in [5.41, 5.74) is 1.86. The molecule has 1 amide bonds. The van der Waals surface area contributed by atoms with Crippen molar-refractivity contribution < 1.29 is 9.53 Å². The van der Waals surface area contributed by atoms with Gasteiger partial charge in [0.05, 0.1) is 28.9 Å². The van der Waals surface area contributed by atoms with Gasteiger partial charge in [0.15, 0.2) is 5.16 Å². The van der Waals surface area contributed by atoms with E-state index < -0.39 is 0 Å². The Balaban J connectivity index is 1.65. The summed E-state index contributed by atoms with van der Waals surface area (Å²) in [5, 5.41) is 4.01. The van der Waals surface area contributed by atoms with Crippen molar-refractivity contribution >= 4 is 28.7 Å². The van der Waals surface area contributed by atoms with Crippen LogP contribution < -0.4 is 5.32 Å². The zero-order chi connectivity index (χ0) is 16.3. The molecule has 2 aromatic rings. The highest BCUT2D eigenvalue weighted by Gasteiger charge is 2.29. The monoisotopic (exact) mass is 333 g/mol. The van der Waals surface area contributed by atoms with Crippen LogP contribution in [0, 0.1) is 0 Å². The van der Waals surface area contributed by atoms with E-state index in [0.29, 0.717) is 12.4 Å². The number of fused-ring (bicyclic) bond motifs is 1. The average molecular weight is 333 g/mol. The number of aryl methyl sites for hydroxylation is 1. The lowest BCUT2D eigenvalue weighted by molar-refractivity contribution is -0.122. The van der Waals surface area contributed by atoms with Crippen molar-refractivity contribution in [2.24, 2.45) is 0 Å². The fourth-order valence-electron chi connectivity index (χ4n) is 3.00. The largest absolute Gasteiger partial charge is 0.379 e. The molecule has 6 heteroatoms. The maximum absolute atomic E-state index is 12.3. The predicted molar refractivity (Wildman–Crippen MR) is 92.7 cm³/mol. The summed E-state index contributed by atoms with van der Waals surface area (Å²) in [6, 6.07) is 8.07. The summed E-state index contributed by atoms with van der Waals surface area (Å²) in [4.78, 5) is 16.9. The van der Waals surface area contributed by atoms with E-state index in [1.54, 1.807) is 0 Å². The zero-order valence-electron chi connectivity index (χ0n) is 13.7. The lowest BCUT2D eigenvalue weighted by Crippen LogP contribution is -2.52. The molecule has 0 bridgehead atoms. The van der Waals surface area contributed by atoms with Gasteiger partial charge in [0, 0.05) is 13.2 Å². The molecule has 0 spiro atoms. The van der Waals surface area contributed by atoms with Crippen LogP contribution in [0.2, 0.25) is 0 Å². The van der Waals surface area contributed by atoms with Crippen LogP contribution in [0.1, 0.15) is 26.7 Å². The molecular weight excluding hydrogens is 310 g/mol. The summed E-state index contributed by atoms with van der Waals surface area (Å²) in [7, 11) is 0. The van der Waals surface area contributed by atoms with E-state index in [2.05, 4.69) is 34.8 Å². The molecule has 1 saturated heterocycles. The minimum absolute atomic E-state index is 0.0395. The molecule has 1 aliphatic heterocycles. The van der Waals surface area contributed by atoms with Gasteiger partial charge >= 0.3 is 0 Å². The quantitative estimate of drug-likeness (QED) is 0.855. The first kappa shape index (κ1) is 16.3. The predicted octanol–water partition coefficient (Wildman–Crippen LogP) is 2.83. The number of hydrogen-bond donors (Lipinski definition) is 1. The molecule has 2 heterocycles. The molecule has 1 fully saturated rings. The normalized spacial score (nSPS) is 21.5. The van der Waals surface area contributed by atoms with Crippen LogP contribution in [-0.4, -0.2) is 40.0 Å². The third kappa shape index (κ3) is 3.70. The second-order valence-electron chi connectivity index (χ2n) is 6.18. The van der Waals surface area contributed by atoms with Gasteiger partial charge in [0.25, 0.3) is 0 Å². The van der Waals surface area contributed by atoms with Gasteiger partial charge < -0.3 is 14.6 Å². The van der Waals surface area contributed by atoms with Crippen LogP contribution in [-0.2, 0) is 16.1 Å². The van der Waals surface area contributed by atoms with Gasteiger partial charge in [-0.05, 0) is 38.8 Å². The molecule has 1 atom stereocenters. The van der Waals surface area contributed by atoms with Crippen molar-refractivity contribution in [1.82, 2.24) is 14.9 Å². The molecular formula is C17H23N3O2S. The number of imidazole rings is 1. The molecule has 0 unspecified atom stereocenters. The molecule has 5 nitrogen and oxygen atoms in total. The standard InChI is InChI=1S/C17H23N3O2S/c1-3-20-14-8-5-4-7-13(14)18-16(20)23-11-15(21)19-17(2)9-6-10-22-12-17/h4-5,7-8H,3,6,9-12H2,1-2H3,(H,19,21)/t17-/m1/s1. The Hall–Kier alpha value is -1.53. The minimum Gasteiger partial charge on any atom is -0.379 e. The summed E-state index contributed by atoms with van der Waals surface area (Å²) >= 11 is 1.49. The third-order valence-corrected chi connectivity index (χ3v) is 5.12. The molecule has 1 aliphatic rings. The van der Waals surface area contributed by atoms with Crippen LogP contribution in [0.15, 0.2) is 29.4 Å². The van der Waals surface area contributed by atoms with Crippen molar-refractivity contribution in [3.63, 3.8) is 0 Å². The van der Waals surface area contributed by atoms with Gasteiger partial charge in [-0.2, -0.15) is 0 Å². The van der Waals surface area contributed by atoms with Crippen LogP contribution in [0.4, 0.5) is 0 Å². The van der Waals surface area contributed by atoms with Gasteiger partial charge in [-0.3, -0.25) is 4.79 Å². The second kappa shape index (κ2) is 6.93. The number of ether oxygens (including phenoxy) is 1.